The van der Waals surface area contributed by atoms with E-state index in [2.05, 4.69) is 25.8 Å². The first-order valence-electron chi connectivity index (χ1n) is 9.00. The van der Waals surface area contributed by atoms with Gasteiger partial charge in [0.2, 0.25) is 10.0 Å². The average Bonchev–Trinajstić information content (AvgIpc) is 2.71. The summed E-state index contributed by atoms with van der Waals surface area (Å²) in [5.41, 5.74) is 2.69. The second-order valence-electron chi connectivity index (χ2n) is 6.46. The number of halogens is 1. The fourth-order valence-electron chi connectivity index (χ4n) is 2.62. The van der Waals surface area contributed by atoms with Gasteiger partial charge < -0.3 is 4.84 Å². The molecule has 7 heteroatoms. The molecule has 0 saturated carbocycles. The number of nitrogens with one attached hydrogen (secondary N) is 1. The van der Waals surface area contributed by atoms with E-state index >= 15 is 0 Å². The van der Waals surface area contributed by atoms with E-state index in [-0.39, 0.29) is 11.4 Å². The maximum Gasteiger partial charge on any atom is 0.240 e. The second-order valence-corrected chi connectivity index (χ2v) is 9.14. The largest absolute Gasteiger partial charge is 0.386 e. The quantitative estimate of drug-likeness (QED) is 0.377. The molecule has 5 nitrogen and oxygen atoms in total. The van der Waals surface area contributed by atoms with Gasteiger partial charge in [0.1, 0.15) is 0 Å². The summed E-state index contributed by atoms with van der Waals surface area (Å²) < 4.78 is 28.8. The van der Waals surface area contributed by atoms with Crippen molar-refractivity contribution in [2.24, 2.45) is 5.16 Å². The number of aryl methyl sites for hydroxylation is 1. The molecular weight excluding hydrogens is 452 g/mol. The SMILES string of the molecule is Cc1ccc(S(=O)(=O)NCC(O/N=C/c2cccc(Br)c2)c2ccccc2)cc1. The fraction of sp³-hybridized carbons (Fsp3) is 0.136. The molecule has 1 unspecified atom stereocenters. The van der Waals surface area contributed by atoms with Crippen LogP contribution in [0, 0.1) is 6.92 Å². The lowest BCUT2D eigenvalue weighted by molar-refractivity contribution is 0.0634. The fourth-order valence-corrected chi connectivity index (χ4v) is 4.07. The Hall–Kier alpha value is -2.48. The molecule has 0 aliphatic heterocycles. The lowest BCUT2D eigenvalue weighted by Gasteiger charge is -2.16. The van der Waals surface area contributed by atoms with E-state index in [0.29, 0.717) is 0 Å². The number of oxime groups is 1. The van der Waals surface area contributed by atoms with Gasteiger partial charge in [-0.2, -0.15) is 0 Å². The van der Waals surface area contributed by atoms with Gasteiger partial charge in [-0.15, -0.1) is 0 Å². The van der Waals surface area contributed by atoms with Crippen LogP contribution in [-0.2, 0) is 14.9 Å². The van der Waals surface area contributed by atoms with E-state index in [0.717, 1.165) is 21.2 Å². The molecule has 0 spiro atoms. The molecule has 29 heavy (non-hydrogen) atoms. The van der Waals surface area contributed by atoms with Gasteiger partial charge in [0.05, 0.1) is 17.7 Å². The van der Waals surface area contributed by atoms with Crippen LogP contribution in [0.2, 0.25) is 0 Å². The van der Waals surface area contributed by atoms with Crippen LogP contribution in [0.1, 0.15) is 22.8 Å². The van der Waals surface area contributed by atoms with Crippen molar-refractivity contribution in [3.63, 3.8) is 0 Å². The Morgan fingerprint density at radius 3 is 2.45 bits per heavy atom. The number of hydrogen-bond acceptors (Lipinski definition) is 4. The molecule has 1 atom stereocenters. The third-order valence-electron chi connectivity index (χ3n) is 4.20. The summed E-state index contributed by atoms with van der Waals surface area (Å²) in [6, 6.07) is 23.7. The molecular formula is C22H21BrN2O3S. The van der Waals surface area contributed by atoms with Crippen LogP contribution in [0.15, 0.2) is 93.4 Å². The van der Waals surface area contributed by atoms with Gasteiger partial charge in [-0.05, 0) is 42.3 Å². The van der Waals surface area contributed by atoms with Crippen LogP contribution in [0.3, 0.4) is 0 Å². The molecule has 0 aliphatic carbocycles. The number of hydrogen-bond donors (Lipinski definition) is 1. The third-order valence-corrected chi connectivity index (χ3v) is 6.13. The van der Waals surface area contributed by atoms with Gasteiger partial charge in [-0.3, -0.25) is 0 Å². The summed E-state index contributed by atoms with van der Waals surface area (Å²) in [6.45, 7) is 1.96. The zero-order chi connectivity index (χ0) is 20.7. The number of benzene rings is 3. The molecule has 3 aromatic rings. The number of nitrogens with zero attached hydrogens (tertiary/aromatic N) is 1. The maximum absolute atomic E-state index is 12.6. The van der Waals surface area contributed by atoms with Crippen LogP contribution >= 0.6 is 15.9 Å². The standard InChI is InChI=1S/C22H21BrN2O3S/c1-17-10-12-21(13-11-17)29(26,27)25-16-22(19-7-3-2-4-8-19)28-24-15-18-6-5-9-20(23)14-18/h2-15,22,25H,16H2,1H3/b24-15+. The summed E-state index contributed by atoms with van der Waals surface area (Å²) in [4.78, 5) is 5.86. The Bertz CT molecular complexity index is 1070. The van der Waals surface area contributed by atoms with Crippen LogP contribution in [-0.4, -0.2) is 21.2 Å². The van der Waals surface area contributed by atoms with Gasteiger partial charge in [-0.1, -0.05) is 81.2 Å². The molecule has 1 N–H and O–H groups in total. The Labute approximate surface area is 179 Å². The minimum Gasteiger partial charge on any atom is -0.386 e. The van der Waals surface area contributed by atoms with E-state index < -0.39 is 16.1 Å². The van der Waals surface area contributed by atoms with E-state index in [1.54, 1.807) is 30.5 Å². The Balaban J connectivity index is 1.73. The van der Waals surface area contributed by atoms with Crippen molar-refractivity contribution in [1.82, 2.24) is 4.72 Å². The van der Waals surface area contributed by atoms with Crippen molar-refractivity contribution in [3.8, 4) is 0 Å². The Kier molecular flexibility index (Phi) is 7.19. The monoisotopic (exact) mass is 472 g/mol. The van der Waals surface area contributed by atoms with Crippen molar-refractivity contribution in [2.45, 2.75) is 17.9 Å². The zero-order valence-corrected chi connectivity index (χ0v) is 18.2. The Morgan fingerprint density at radius 1 is 1.03 bits per heavy atom. The van der Waals surface area contributed by atoms with Gasteiger partial charge in [0.25, 0.3) is 0 Å². The first-order chi connectivity index (χ1) is 13.9. The van der Waals surface area contributed by atoms with E-state index in [1.165, 1.54) is 0 Å². The van der Waals surface area contributed by atoms with Gasteiger partial charge in [0.15, 0.2) is 6.10 Å². The van der Waals surface area contributed by atoms with Gasteiger partial charge in [0, 0.05) is 4.47 Å². The van der Waals surface area contributed by atoms with E-state index in [4.69, 9.17) is 4.84 Å². The van der Waals surface area contributed by atoms with E-state index in [9.17, 15) is 8.42 Å². The van der Waals surface area contributed by atoms with Crippen LogP contribution in [0.25, 0.3) is 0 Å². The minimum absolute atomic E-state index is 0.0516. The summed E-state index contributed by atoms with van der Waals surface area (Å²) in [7, 11) is -3.65. The molecule has 0 radical (unpaired) electrons. The predicted octanol–water partition coefficient (Wildman–Crippen LogP) is 4.83. The highest BCUT2D eigenvalue weighted by molar-refractivity contribution is 9.10. The van der Waals surface area contributed by atoms with Crippen molar-refractivity contribution >= 4 is 32.2 Å². The van der Waals surface area contributed by atoms with Crippen LogP contribution in [0.4, 0.5) is 0 Å². The molecule has 0 fully saturated rings. The highest BCUT2D eigenvalue weighted by atomic mass is 79.9. The molecule has 0 saturated heterocycles. The smallest absolute Gasteiger partial charge is 0.240 e. The molecule has 0 bridgehead atoms. The van der Waals surface area contributed by atoms with Crippen molar-refractivity contribution in [2.75, 3.05) is 6.54 Å². The third kappa shape index (κ3) is 6.25. The normalized spacial score (nSPS) is 12.8. The van der Waals surface area contributed by atoms with Gasteiger partial charge >= 0.3 is 0 Å². The summed E-state index contributed by atoms with van der Waals surface area (Å²) >= 11 is 3.41. The molecule has 0 heterocycles. The number of rotatable bonds is 8. The van der Waals surface area contributed by atoms with E-state index in [1.807, 2.05) is 61.5 Å². The van der Waals surface area contributed by atoms with Crippen molar-refractivity contribution in [1.29, 1.82) is 0 Å². The minimum atomic E-state index is -3.65. The summed E-state index contributed by atoms with van der Waals surface area (Å²) in [5, 5.41) is 4.06. The maximum atomic E-state index is 12.6. The lowest BCUT2D eigenvalue weighted by atomic mass is 10.1. The lowest BCUT2D eigenvalue weighted by Crippen LogP contribution is -2.29. The molecule has 0 aromatic heterocycles. The zero-order valence-electron chi connectivity index (χ0n) is 15.8. The van der Waals surface area contributed by atoms with Crippen LogP contribution in [0.5, 0.6) is 0 Å². The van der Waals surface area contributed by atoms with Gasteiger partial charge in [-0.25, -0.2) is 13.1 Å². The highest BCUT2D eigenvalue weighted by Gasteiger charge is 2.19. The molecule has 150 valence electrons. The molecule has 3 aromatic carbocycles. The highest BCUT2D eigenvalue weighted by Crippen LogP contribution is 2.19. The first kappa shape index (κ1) is 21.2. The topological polar surface area (TPSA) is 67.8 Å². The van der Waals surface area contributed by atoms with Crippen molar-refractivity contribution in [3.05, 3.63) is 100 Å². The second kappa shape index (κ2) is 9.82. The Morgan fingerprint density at radius 2 is 1.76 bits per heavy atom. The number of sulfonamides is 1. The summed E-state index contributed by atoms with van der Waals surface area (Å²) in [6.07, 6.45) is 1.02. The summed E-state index contributed by atoms with van der Waals surface area (Å²) in [5.74, 6) is 0. The van der Waals surface area contributed by atoms with Crippen LogP contribution < -0.4 is 4.72 Å². The molecule has 3 rings (SSSR count). The first-order valence-corrected chi connectivity index (χ1v) is 11.3. The molecule has 0 aliphatic rings. The predicted molar refractivity (Wildman–Crippen MR) is 118 cm³/mol. The molecule has 0 amide bonds. The van der Waals surface area contributed by atoms with Crippen molar-refractivity contribution < 1.29 is 13.3 Å². The average molecular weight is 473 g/mol.